The Balaban J connectivity index is 1.34. The topological polar surface area (TPSA) is 51.8 Å². The van der Waals surface area contributed by atoms with Gasteiger partial charge in [-0.2, -0.15) is 0 Å². The molecule has 0 spiro atoms. The Kier molecular flexibility index (Phi) is 6.15. The molecule has 0 N–H and O–H groups in total. The normalized spacial score (nSPS) is 11.7. The summed E-state index contributed by atoms with van der Waals surface area (Å²) in [6.45, 7) is 0. The maximum absolute atomic E-state index is 6.65. The van der Waals surface area contributed by atoms with E-state index in [2.05, 4.69) is 146 Å². The van der Waals surface area contributed by atoms with E-state index in [1.807, 2.05) is 18.2 Å². The quantitative estimate of drug-likeness (QED) is 0.195. The number of rotatable bonds is 4. The van der Waals surface area contributed by atoms with Gasteiger partial charge in [0.15, 0.2) is 17.5 Å². The number of para-hydroxylation sites is 1. The van der Waals surface area contributed by atoms with Gasteiger partial charge < -0.3 is 4.42 Å². The first-order valence-corrected chi connectivity index (χ1v) is 16.5. The molecule has 0 bridgehead atoms. The van der Waals surface area contributed by atoms with Gasteiger partial charge in [0.25, 0.3) is 0 Å². The van der Waals surface area contributed by atoms with Crippen molar-refractivity contribution < 1.29 is 4.42 Å². The molecule has 0 aliphatic rings. The predicted molar refractivity (Wildman–Crippen MR) is 201 cm³/mol. The van der Waals surface area contributed by atoms with E-state index in [9.17, 15) is 0 Å². The molecule has 2 heterocycles. The average Bonchev–Trinajstić information content (AvgIpc) is 3.56. The van der Waals surface area contributed by atoms with Gasteiger partial charge in [0.05, 0.1) is 0 Å². The van der Waals surface area contributed by atoms with Crippen molar-refractivity contribution in [2.45, 2.75) is 0 Å². The van der Waals surface area contributed by atoms with Gasteiger partial charge in [0.1, 0.15) is 11.2 Å². The minimum Gasteiger partial charge on any atom is -0.455 e. The predicted octanol–water partition coefficient (Wildman–Crippen LogP) is 11.9. The minimum absolute atomic E-state index is 0.614. The number of fused-ring (bicyclic) bond motifs is 7. The lowest BCUT2D eigenvalue weighted by molar-refractivity contribution is 0.673. The molecule has 10 aromatic rings. The fourth-order valence-electron chi connectivity index (χ4n) is 7.26. The van der Waals surface area contributed by atoms with Crippen LogP contribution >= 0.6 is 0 Å². The van der Waals surface area contributed by atoms with E-state index < -0.39 is 0 Å². The van der Waals surface area contributed by atoms with Crippen LogP contribution in [-0.2, 0) is 0 Å². The fourth-order valence-corrected chi connectivity index (χ4v) is 7.26. The lowest BCUT2D eigenvalue weighted by Gasteiger charge is -2.14. The largest absolute Gasteiger partial charge is 0.455 e. The third-order valence-corrected chi connectivity index (χ3v) is 9.53. The summed E-state index contributed by atoms with van der Waals surface area (Å²) in [7, 11) is 0. The third-order valence-electron chi connectivity index (χ3n) is 9.53. The van der Waals surface area contributed by atoms with Crippen LogP contribution in [0.15, 0.2) is 168 Å². The molecule has 0 amide bonds. The number of nitrogens with zero attached hydrogens (tertiary/aromatic N) is 3. The van der Waals surface area contributed by atoms with Crippen LogP contribution in [0.1, 0.15) is 0 Å². The van der Waals surface area contributed by atoms with Crippen LogP contribution in [0.4, 0.5) is 0 Å². The molecule has 0 atom stereocenters. The van der Waals surface area contributed by atoms with Crippen LogP contribution in [0.2, 0.25) is 0 Å². The zero-order valence-corrected chi connectivity index (χ0v) is 26.3. The minimum atomic E-state index is 0.614. The zero-order valence-electron chi connectivity index (χ0n) is 26.3. The Bertz CT molecular complexity index is 2780. The molecule has 228 valence electrons. The zero-order chi connectivity index (χ0) is 32.3. The van der Waals surface area contributed by atoms with Crippen LogP contribution in [-0.4, -0.2) is 15.0 Å². The van der Waals surface area contributed by atoms with Crippen molar-refractivity contribution in [1.82, 2.24) is 15.0 Å². The Morgan fingerprint density at radius 1 is 0.347 bits per heavy atom. The van der Waals surface area contributed by atoms with Crippen molar-refractivity contribution >= 4 is 54.3 Å². The Morgan fingerprint density at radius 2 is 0.837 bits per heavy atom. The molecule has 0 saturated heterocycles. The molecule has 0 unspecified atom stereocenters. The number of hydrogen-bond donors (Lipinski definition) is 0. The lowest BCUT2D eigenvalue weighted by atomic mass is 9.93. The fraction of sp³-hybridized carbons (Fsp3) is 0. The molecule has 4 heteroatoms. The smallest absolute Gasteiger partial charge is 0.164 e. The first-order chi connectivity index (χ1) is 24.3. The number of benzene rings is 8. The number of hydrogen-bond acceptors (Lipinski definition) is 4. The van der Waals surface area contributed by atoms with Crippen LogP contribution < -0.4 is 0 Å². The van der Waals surface area contributed by atoms with Gasteiger partial charge in [-0.3, -0.25) is 0 Å². The van der Waals surface area contributed by atoms with Gasteiger partial charge in [-0.1, -0.05) is 152 Å². The molecule has 0 fully saturated rings. The van der Waals surface area contributed by atoms with E-state index in [0.29, 0.717) is 17.5 Å². The van der Waals surface area contributed by atoms with Gasteiger partial charge in [-0.25, -0.2) is 15.0 Å². The van der Waals surface area contributed by atoms with Crippen molar-refractivity contribution in [3.8, 4) is 45.3 Å². The van der Waals surface area contributed by atoms with E-state index in [-0.39, 0.29) is 0 Å². The SMILES string of the molecule is c1ccc(-c2cccc3c(-c4nc(-c5cccc6ccccc56)nc(-c5cccc6ccccc56)n4)cc4c5ccccc5oc4c23)cc1. The number of furan rings is 1. The highest BCUT2D eigenvalue weighted by molar-refractivity contribution is 6.22. The summed E-state index contributed by atoms with van der Waals surface area (Å²) in [5, 5.41) is 8.61. The first kappa shape index (κ1) is 27.5. The van der Waals surface area contributed by atoms with Crippen molar-refractivity contribution in [2.24, 2.45) is 0 Å². The molecule has 49 heavy (non-hydrogen) atoms. The van der Waals surface area contributed by atoms with Crippen molar-refractivity contribution in [1.29, 1.82) is 0 Å². The molecule has 8 aromatic carbocycles. The van der Waals surface area contributed by atoms with E-state index in [1.165, 1.54) is 0 Å². The van der Waals surface area contributed by atoms with E-state index in [0.717, 1.165) is 82.1 Å². The average molecular weight is 626 g/mol. The van der Waals surface area contributed by atoms with Crippen LogP contribution in [0.25, 0.3) is 99.5 Å². The molecular weight excluding hydrogens is 599 g/mol. The van der Waals surface area contributed by atoms with Gasteiger partial charge in [-0.15, -0.1) is 0 Å². The molecule has 2 aromatic heterocycles. The van der Waals surface area contributed by atoms with Gasteiger partial charge in [-0.05, 0) is 50.2 Å². The summed E-state index contributed by atoms with van der Waals surface area (Å²) < 4.78 is 6.65. The molecule has 10 rings (SSSR count). The standard InChI is InChI=1S/C45H27N3O/c1-2-13-30(14-3-1)33-22-12-23-35-39(27-38-34-21-8-9-26-40(34)49-42(38)41(33)35)45-47-43(36-24-10-17-28-15-4-6-19-31(28)36)46-44(48-45)37-25-11-18-29-16-5-7-20-32(29)37/h1-27H. The molecule has 0 saturated carbocycles. The maximum atomic E-state index is 6.65. The Hall–Kier alpha value is -6.65. The second-order valence-electron chi connectivity index (χ2n) is 12.4. The molecular formula is C45H27N3O. The molecule has 0 aliphatic heterocycles. The Morgan fingerprint density at radius 3 is 1.51 bits per heavy atom. The lowest BCUT2D eigenvalue weighted by Crippen LogP contribution is -2.01. The van der Waals surface area contributed by atoms with Crippen LogP contribution in [0, 0.1) is 0 Å². The summed E-state index contributed by atoms with van der Waals surface area (Å²) >= 11 is 0. The van der Waals surface area contributed by atoms with E-state index >= 15 is 0 Å². The molecule has 0 aliphatic carbocycles. The highest BCUT2D eigenvalue weighted by Gasteiger charge is 2.22. The summed E-state index contributed by atoms with van der Waals surface area (Å²) in [5.41, 5.74) is 6.79. The Labute approximate surface area is 282 Å². The van der Waals surface area contributed by atoms with E-state index in [4.69, 9.17) is 19.4 Å². The van der Waals surface area contributed by atoms with Crippen molar-refractivity contribution in [3.05, 3.63) is 164 Å². The number of aromatic nitrogens is 3. The van der Waals surface area contributed by atoms with Gasteiger partial charge >= 0.3 is 0 Å². The summed E-state index contributed by atoms with van der Waals surface area (Å²) in [4.78, 5) is 15.8. The summed E-state index contributed by atoms with van der Waals surface area (Å²) in [6.07, 6.45) is 0. The van der Waals surface area contributed by atoms with Gasteiger partial charge in [0, 0.05) is 32.8 Å². The molecule has 0 radical (unpaired) electrons. The highest BCUT2D eigenvalue weighted by atomic mass is 16.3. The summed E-state index contributed by atoms with van der Waals surface area (Å²) in [6, 6.07) is 56.8. The highest BCUT2D eigenvalue weighted by Crippen LogP contribution is 2.43. The third kappa shape index (κ3) is 4.42. The monoisotopic (exact) mass is 625 g/mol. The van der Waals surface area contributed by atoms with Crippen molar-refractivity contribution in [2.75, 3.05) is 0 Å². The first-order valence-electron chi connectivity index (χ1n) is 16.5. The van der Waals surface area contributed by atoms with Gasteiger partial charge in [0.2, 0.25) is 0 Å². The van der Waals surface area contributed by atoms with E-state index in [1.54, 1.807) is 0 Å². The summed E-state index contributed by atoms with van der Waals surface area (Å²) in [5.74, 6) is 1.88. The second kappa shape index (κ2) is 11.0. The van der Waals surface area contributed by atoms with Crippen LogP contribution in [0.5, 0.6) is 0 Å². The van der Waals surface area contributed by atoms with Crippen LogP contribution in [0.3, 0.4) is 0 Å². The molecule has 4 nitrogen and oxygen atoms in total. The maximum Gasteiger partial charge on any atom is 0.164 e. The van der Waals surface area contributed by atoms with Crippen molar-refractivity contribution in [3.63, 3.8) is 0 Å². The second-order valence-corrected chi connectivity index (χ2v) is 12.4.